The van der Waals surface area contributed by atoms with E-state index in [1.807, 2.05) is 41.2 Å². The molecule has 0 saturated heterocycles. The van der Waals surface area contributed by atoms with Crippen molar-refractivity contribution < 1.29 is 0 Å². The SMILES string of the molecule is CCn1nccc1CNC(=S)Nc1cccc2ccccc12. The van der Waals surface area contributed by atoms with E-state index in [9.17, 15) is 0 Å². The van der Waals surface area contributed by atoms with Gasteiger partial charge in [-0.05, 0) is 36.7 Å². The lowest BCUT2D eigenvalue weighted by Crippen LogP contribution is -2.29. The molecule has 0 aliphatic carbocycles. The van der Waals surface area contributed by atoms with Crippen LogP contribution in [0.4, 0.5) is 5.69 Å². The summed E-state index contributed by atoms with van der Waals surface area (Å²) in [7, 11) is 0. The summed E-state index contributed by atoms with van der Waals surface area (Å²) in [5.41, 5.74) is 2.13. The molecule has 0 atom stereocenters. The number of benzene rings is 2. The molecule has 1 heterocycles. The lowest BCUT2D eigenvalue weighted by Gasteiger charge is -2.13. The highest BCUT2D eigenvalue weighted by molar-refractivity contribution is 7.80. The number of aromatic nitrogens is 2. The number of thiocarbonyl (C=S) groups is 1. The molecule has 5 heteroatoms. The van der Waals surface area contributed by atoms with E-state index < -0.39 is 0 Å². The molecule has 2 aromatic carbocycles. The van der Waals surface area contributed by atoms with Crippen molar-refractivity contribution in [2.24, 2.45) is 0 Å². The van der Waals surface area contributed by atoms with Crippen molar-refractivity contribution in [3.63, 3.8) is 0 Å². The first kappa shape index (κ1) is 14.5. The monoisotopic (exact) mass is 310 g/mol. The zero-order chi connectivity index (χ0) is 15.4. The molecule has 0 fully saturated rings. The Labute approximate surface area is 135 Å². The van der Waals surface area contributed by atoms with Crippen molar-refractivity contribution in [3.05, 3.63) is 60.4 Å². The second-order valence-corrected chi connectivity index (χ2v) is 5.38. The summed E-state index contributed by atoms with van der Waals surface area (Å²) < 4.78 is 1.95. The first-order chi connectivity index (χ1) is 10.8. The van der Waals surface area contributed by atoms with Crippen molar-refractivity contribution in [3.8, 4) is 0 Å². The van der Waals surface area contributed by atoms with Gasteiger partial charge in [0.15, 0.2) is 5.11 Å². The fourth-order valence-electron chi connectivity index (χ4n) is 2.47. The number of anilines is 1. The fraction of sp³-hybridized carbons (Fsp3) is 0.176. The molecule has 0 saturated carbocycles. The molecule has 112 valence electrons. The van der Waals surface area contributed by atoms with Crippen LogP contribution in [0.5, 0.6) is 0 Å². The molecule has 0 unspecified atom stereocenters. The van der Waals surface area contributed by atoms with Crippen LogP contribution in [-0.2, 0) is 13.1 Å². The molecule has 0 amide bonds. The maximum atomic E-state index is 5.40. The second kappa shape index (κ2) is 6.58. The second-order valence-electron chi connectivity index (χ2n) is 4.97. The van der Waals surface area contributed by atoms with Gasteiger partial charge >= 0.3 is 0 Å². The molecule has 4 nitrogen and oxygen atoms in total. The van der Waals surface area contributed by atoms with E-state index in [1.165, 1.54) is 5.39 Å². The van der Waals surface area contributed by atoms with Crippen molar-refractivity contribution in [2.45, 2.75) is 20.0 Å². The van der Waals surface area contributed by atoms with Crippen molar-refractivity contribution in [2.75, 3.05) is 5.32 Å². The molecule has 0 aliphatic heterocycles. The molecule has 0 aliphatic rings. The highest BCUT2D eigenvalue weighted by Gasteiger charge is 2.04. The molecule has 0 spiro atoms. The van der Waals surface area contributed by atoms with Gasteiger partial charge in [-0.25, -0.2) is 0 Å². The Hall–Kier alpha value is -2.40. The van der Waals surface area contributed by atoms with Crippen LogP contribution in [0.1, 0.15) is 12.6 Å². The zero-order valence-electron chi connectivity index (χ0n) is 12.4. The molecule has 0 bridgehead atoms. The largest absolute Gasteiger partial charge is 0.357 e. The van der Waals surface area contributed by atoms with Crippen LogP contribution in [0.15, 0.2) is 54.7 Å². The number of nitrogens with one attached hydrogen (secondary N) is 2. The Morgan fingerprint density at radius 3 is 2.82 bits per heavy atom. The van der Waals surface area contributed by atoms with Gasteiger partial charge in [-0.3, -0.25) is 4.68 Å². The normalized spacial score (nSPS) is 10.6. The van der Waals surface area contributed by atoms with Crippen LogP contribution in [0.3, 0.4) is 0 Å². The summed E-state index contributed by atoms with van der Waals surface area (Å²) in [6.45, 7) is 3.58. The fourth-order valence-corrected chi connectivity index (χ4v) is 2.65. The summed E-state index contributed by atoms with van der Waals surface area (Å²) in [6, 6.07) is 16.4. The summed E-state index contributed by atoms with van der Waals surface area (Å²) >= 11 is 5.40. The molecule has 2 N–H and O–H groups in total. The number of rotatable bonds is 4. The van der Waals surface area contributed by atoms with Gasteiger partial charge in [0.05, 0.1) is 12.2 Å². The maximum absolute atomic E-state index is 5.40. The third kappa shape index (κ3) is 3.09. The number of fused-ring (bicyclic) bond motifs is 1. The molecular formula is C17H18N4S. The predicted octanol–water partition coefficient (Wildman–Crippen LogP) is 3.54. The number of hydrogen-bond donors (Lipinski definition) is 2. The topological polar surface area (TPSA) is 41.9 Å². The van der Waals surface area contributed by atoms with E-state index in [-0.39, 0.29) is 0 Å². The van der Waals surface area contributed by atoms with E-state index in [2.05, 4.69) is 40.9 Å². The van der Waals surface area contributed by atoms with Crippen LogP contribution in [0, 0.1) is 0 Å². The Morgan fingerprint density at radius 2 is 1.95 bits per heavy atom. The average Bonchev–Trinajstić information content (AvgIpc) is 3.01. The smallest absolute Gasteiger partial charge is 0.171 e. The molecule has 1 aromatic heterocycles. The Bertz CT molecular complexity index is 789. The Kier molecular flexibility index (Phi) is 4.34. The van der Waals surface area contributed by atoms with Crippen LogP contribution >= 0.6 is 12.2 Å². The van der Waals surface area contributed by atoms with Crippen molar-refractivity contribution >= 4 is 33.8 Å². The minimum Gasteiger partial charge on any atom is -0.357 e. The molecule has 0 radical (unpaired) electrons. The molecular weight excluding hydrogens is 292 g/mol. The van der Waals surface area contributed by atoms with Gasteiger partial charge in [0.25, 0.3) is 0 Å². The summed E-state index contributed by atoms with van der Waals surface area (Å²) in [5.74, 6) is 0. The van der Waals surface area contributed by atoms with Gasteiger partial charge in [-0.15, -0.1) is 0 Å². The van der Waals surface area contributed by atoms with Gasteiger partial charge in [-0.1, -0.05) is 36.4 Å². The summed E-state index contributed by atoms with van der Waals surface area (Å²) in [6.07, 6.45) is 1.81. The molecule has 3 aromatic rings. The first-order valence-corrected chi connectivity index (χ1v) is 7.72. The van der Waals surface area contributed by atoms with E-state index in [1.54, 1.807) is 0 Å². The summed E-state index contributed by atoms with van der Waals surface area (Å²) in [5, 5.41) is 13.7. The highest BCUT2D eigenvalue weighted by atomic mass is 32.1. The minimum atomic E-state index is 0.611. The number of hydrogen-bond acceptors (Lipinski definition) is 2. The van der Waals surface area contributed by atoms with Crippen LogP contribution < -0.4 is 10.6 Å². The Balaban J connectivity index is 1.69. The quantitative estimate of drug-likeness (QED) is 0.723. The predicted molar refractivity (Wildman–Crippen MR) is 94.9 cm³/mol. The van der Waals surface area contributed by atoms with Crippen LogP contribution in [0.25, 0.3) is 10.8 Å². The standard InChI is InChI=1S/C17H18N4S/c1-2-21-14(10-11-19-21)12-18-17(22)20-16-9-5-7-13-6-3-4-8-15(13)16/h3-11H,2,12H2,1H3,(H2,18,20,22). The van der Waals surface area contributed by atoms with Gasteiger partial charge in [0.2, 0.25) is 0 Å². The van der Waals surface area contributed by atoms with E-state index in [0.717, 1.165) is 23.3 Å². The lowest BCUT2D eigenvalue weighted by molar-refractivity contribution is 0.614. The third-order valence-electron chi connectivity index (χ3n) is 3.57. The summed E-state index contributed by atoms with van der Waals surface area (Å²) in [4.78, 5) is 0. The highest BCUT2D eigenvalue weighted by Crippen LogP contribution is 2.22. The Morgan fingerprint density at radius 1 is 1.14 bits per heavy atom. The van der Waals surface area contributed by atoms with Crippen LogP contribution in [-0.4, -0.2) is 14.9 Å². The van der Waals surface area contributed by atoms with Crippen molar-refractivity contribution in [1.29, 1.82) is 0 Å². The van der Waals surface area contributed by atoms with Crippen LogP contribution in [0.2, 0.25) is 0 Å². The molecule has 3 rings (SSSR count). The van der Waals surface area contributed by atoms with Gasteiger partial charge in [-0.2, -0.15) is 5.10 Å². The van der Waals surface area contributed by atoms with Gasteiger partial charge < -0.3 is 10.6 Å². The maximum Gasteiger partial charge on any atom is 0.171 e. The van der Waals surface area contributed by atoms with E-state index >= 15 is 0 Å². The minimum absolute atomic E-state index is 0.611. The van der Waals surface area contributed by atoms with E-state index in [4.69, 9.17) is 12.2 Å². The van der Waals surface area contributed by atoms with Gasteiger partial charge in [0, 0.05) is 23.8 Å². The average molecular weight is 310 g/mol. The number of nitrogens with zero attached hydrogens (tertiary/aromatic N) is 2. The van der Waals surface area contributed by atoms with E-state index in [0.29, 0.717) is 11.7 Å². The molecule has 22 heavy (non-hydrogen) atoms. The van der Waals surface area contributed by atoms with Crippen molar-refractivity contribution in [1.82, 2.24) is 15.1 Å². The number of aryl methyl sites for hydroxylation is 1. The van der Waals surface area contributed by atoms with Gasteiger partial charge in [0.1, 0.15) is 0 Å². The first-order valence-electron chi connectivity index (χ1n) is 7.31. The zero-order valence-corrected chi connectivity index (χ0v) is 13.2. The third-order valence-corrected chi connectivity index (χ3v) is 3.82. The lowest BCUT2D eigenvalue weighted by atomic mass is 10.1.